The van der Waals surface area contributed by atoms with E-state index in [1.807, 2.05) is 19.9 Å². The van der Waals surface area contributed by atoms with Crippen molar-refractivity contribution in [3.8, 4) is 0 Å². The molecule has 1 aromatic carbocycles. The van der Waals surface area contributed by atoms with Crippen molar-refractivity contribution in [2.75, 3.05) is 0 Å². The lowest BCUT2D eigenvalue weighted by molar-refractivity contribution is 1.15. The fraction of sp³-hybridized carbons (Fsp3) is 0.182. The van der Waals surface area contributed by atoms with Gasteiger partial charge in [0.1, 0.15) is 0 Å². The van der Waals surface area contributed by atoms with Crippen LogP contribution in [-0.4, -0.2) is 4.98 Å². The van der Waals surface area contributed by atoms with E-state index in [-0.39, 0.29) is 0 Å². The van der Waals surface area contributed by atoms with Crippen molar-refractivity contribution in [3.63, 3.8) is 0 Å². The van der Waals surface area contributed by atoms with Crippen molar-refractivity contribution in [1.29, 1.82) is 0 Å². The zero-order chi connectivity index (χ0) is 9.42. The summed E-state index contributed by atoms with van der Waals surface area (Å²) in [6.07, 6.45) is 0. The van der Waals surface area contributed by atoms with Crippen LogP contribution in [0.5, 0.6) is 0 Å². The molecule has 0 saturated heterocycles. The average Bonchev–Trinajstić information content (AvgIpc) is 2.07. The maximum Gasteiger partial charge on any atom is 0.0454 e. The number of hydrogen-bond donors (Lipinski definition) is 0. The SMILES string of the molecule is Cc1cc2c(Br)cccc2c(C)n1. The molecule has 0 spiro atoms. The average molecular weight is 236 g/mol. The number of pyridine rings is 1. The second-order valence-electron chi connectivity index (χ2n) is 3.18. The predicted molar refractivity (Wildman–Crippen MR) is 58.9 cm³/mol. The van der Waals surface area contributed by atoms with E-state index in [0.29, 0.717) is 0 Å². The van der Waals surface area contributed by atoms with Crippen LogP contribution in [0.15, 0.2) is 28.7 Å². The summed E-state index contributed by atoms with van der Waals surface area (Å²) in [6, 6.07) is 8.30. The van der Waals surface area contributed by atoms with Gasteiger partial charge in [-0.05, 0) is 31.4 Å². The van der Waals surface area contributed by atoms with Crippen LogP contribution >= 0.6 is 15.9 Å². The van der Waals surface area contributed by atoms with Crippen LogP contribution < -0.4 is 0 Å². The summed E-state index contributed by atoms with van der Waals surface area (Å²) in [5, 5.41) is 2.47. The Labute approximate surface area is 85.9 Å². The van der Waals surface area contributed by atoms with Crippen molar-refractivity contribution in [2.45, 2.75) is 13.8 Å². The zero-order valence-corrected chi connectivity index (χ0v) is 9.22. The van der Waals surface area contributed by atoms with E-state index in [2.05, 4.69) is 39.1 Å². The van der Waals surface area contributed by atoms with Crippen molar-refractivity contribution < 1.29 is 0 Å². The van der Waals surface area contributed by atoms with Crippen molar-refractivity contribution in [3.05, 3.63) is 40.1 Å². The molecule has 1 aromatic heterocycles. The zero-order valence-electron chi connectivity index (χ0n) is 7.63. The summed E-state index contributed by atoms with van der Waals surface area (Å²) in [4.78, 5) is 4.42. The Morgan fingerprint density at radius 1 is 1.15 bits per heavy atom. The van der Waals surface area contributed by atoms with E-state index < -0.39 is 0 Å². The topological polar surface area (TPSA) is 12.9 Å². The van der Waals surface area contributed by atoms with Gasteiger partial charge in [0.15, 0.2) is 0 Å². The highest BCUT2D eigenvalue weighted by Crippen LogP contribution is 2.25. The van der Waals surface area contributed by atoms with Crippen LogP contribution in [-0.2, 0) is 0 Å². The Morgan fingerprint density at radius 2 is 1.92 bits per heavy atom. The molecular formula is C11H10BrN. The normalized spacial score (nSPS) is 10.7. The molecule has 0 bridgehead atoms. The first-order valence-corrected chi connectivity index (χ1v) is 5.00. The molecule has 2 heteroatoms. The third kappa shape index (κ3) is 1.46. The predicted octanol–water partition coefficient (Wildman–Crippen LogP) is 3.61. The summed E-state index contributed by atoms with van der Waals surface area (Å²) in [7, 11) is 0. The molecule has 13 heavy (non-hydrogen) atoms. The van der Waals surface area contributed by atoms with Crippen molar-refractivity contribution in [2.24, 2.45) is 0 Å². The monoisotopic (exact) mass is 235 g/mol. The minimum absolute atomic E-state index is 1.07. The van der Waals surface area contributed by atoms with Crippen LogP contribution in [0.25, 0.3) is 10.8 Å². The minimum Gasteiger partial charge on any atom is -0.258 e. The molecule has 0 unspecified atom stereocenters. The van der Waals surface area contributed by atoms with E-state index >= 15 is 0 Å². The molecule has 0 N–H and O–H groups in total. The Bertz CT molecular complexity index is 463. The lowest BCUT2D eigenvalue weighted by Gasteiger charge is -2.04. The highest BCUT2D eigenvalue weighted by molar-refractivity contribution is 9.10. The molecular weight excluding hydrogens is 226 g/mol. The van der Waals surface area contributed by atoms with Gasteiger partial charge in [-0.3, -0.25) is 4.98 Å². The standard InChI is InChI=1S/C11H10BrN/c1-7-6-10-9(8(2)13-7)4-3-5-11(10)12/h3-6H,1-2H3. The number of halogens is 1. The van der Waals surface area contributed by atoms with Gasteiger partial charge in [-0.2, -0.15) is 0 Å². The van der Waals surface area contributed by atoms with Gasteiger partial charge in [0.25, 0.3) is 0 Å². The second-order valence-corrected chi connectivity index (χ2v) is 4.04. The molecule has 0 radical (unpaired) electrons. The lowest BCUT2D eigenvalue weighted by Crippen LogP contribution is -1.88. The molecule has 0 atom stereocenters. The molecule has 0 saturated carbocycles. The quantitative estimate of drug-likeness (QED) is 0.680. The van der Waals surface area contributed by atoms with Gasteiger partial charge in [-0.25, -0.2) is 0 Å². The molecule has 0 amide bonds. The second kappa shape index (κ2) is 3.11. The Kier molecular flexibility index (Phi) is 2.08. The van der Waals surface area contributed by atoms with Crippen LogP contribution in [0.4, 0.5) is 0 Å². The number of hydrogen-bond acceptors (Lipinski definition) is 1. The number of fused-ring (bicyclic) bond motifs is 1. The maximum atomic E-state index is 4.42. The van der Waals surface area contributed by atoms with E-state index in [4.69, 9.17) is 0 Å². The minimum atomic E-state index is 1.07. The lowest BCUT2D eigenvalue weighted by atomic mass is 10.1. The summed E-state index contributed by atoms with van der Waals surface area (Å²) >= 11 is 3.54. The third-order valence-corrected chi connectivity index (χ3v) is 2.83. The van der Waals surface area contributed by atoms with Crippen molar-refractivity contribution >= 4 is 26.7 Å². The van der Waals surface area contributed by atoms with Gasteiger partial charge in [-0.1, -0.05) is 28.1 Å². The number of aryl methyl sites for hydroxylation is 2. The van der Waals surface area contributed by atoms with Gasteiger partial charge in [0, 0.05) is 21.2 Å². The van der Waals surface area contributed by atoms with Crippen LogP contribution in [0.1, 0.15) is 11.4 Å². The van der Waals surface area contributed by atoms with Crippen LogP contribution in [0.2, 0.25) is 0 Å². The maximum absolute atomic E-state index is 4.42. The van der Waals surface area contributed by atoms with E-state index in [0.717, 1.165) is 15.9 Å². The van der Waals surface area contributed by atoms with Crippen LogP contribution in [0, 0.1) is 13.8 Å². The number of nitrogens with zero attached hydrogens (tertiary/aromatic N) is 1. The highest BCUT2D eigenvalue weighted by atomic mass is 79.9. The molecule has 66 valence electrons. The molecule has 1 nitrogen and oxygen atoms in total. The van der Waals surface area contributed by atoms with E-state index in [1.165, 1.54) is 10.8 Å². The first kappa shape index (κ1) is 8.70. The number of benzene rings is 1. The smallest absolute Gasteiger partial charge is 0.0454 e. The van der Waals surface area contributed by atoms with E-state index in [9.17, 15) is 0 Å². The first-order valence-electron chi connectivity index (χ1n) is 4.21. The Hall–Kier alpha value is -0.890. The molecule has 0 fully saturated rings. The summed E-state index contributed by atoms with van der Waals surface area (Å²) < 4.78 is 1.14. The van der Waals surface area contributed by atoms with Gasteiger partial charge < -0.3 is 0 Å². The fourth-order valence-electron chi connectivity index (χ4n) is 1.57. The first-order chi connectivity index (χ1) is 6.18. The molecule has 0 aliphatic rings. The summed E-state index contributed by atoms with van der Waals surface area (Å²) in [5.41, 5.74) is 2.16. The van der Waals surface area contributed by atoms with Crippen LogP contribution in [0.3, 0.4) is 0 Å². The highest BCUT2D eigenvalue weighted by Gasteiger charge is 2.02. The van der Waals surface area contributed by atoms with Gasteiger partial charge >= 0.3 is 0 Å². The molecule has 0 aliphatic carbocycles. The Morgan fingerprint density at radius 3 is 2.69 bits per heavy atom. The third-order valence-electron chi connectivity index (χ3n) is 2.14. The van der Waals surface area contributed by atoms with Crippen molar-refractivity contribution in [1.82, 2.24) is 4.98 Å². The molecule has 1 heterocycles. The van der Waals surface area contributed by atoms with E-state index in [1.54, 1.807) is 0 Å². The fourth-order valence-corrected chi connectivity index (χ4v) is 2.05. The van der Waals surface area contributed by atoms with Gasteiger partial charge in [0.2, 0.25) is 0 Å². The van der Waals surface area contributed by atoms with Gasteiger partial charge in [0.05, 0.1) is 0 Å². The summed E-state index contributed by atoms with van der Waals surface area (Å²) in [5.74, 6) is 0. The molecule has 0 aliphatic heterocycles. The number of aromatic nitrogens is 1. The molecule has 2 aromatic rings. The Balaban J connectivity index is 2.94. The summed E-state index contributed by atoms with van der Waals surface area (Å²) in [6.45, 7) is 4.06. The largest absolute Gasteiger partial charge is 0.258 e. The number of rotatable bonds is 0. The van der Waals surface area contributed by atoms with Gasteiger partial charge in [-0.15, -0.1) is 0 Å². The molecule has 2 rings (SSSR count).